The zero-order chi connectivity index (χ0) is 6.81. The molecule has 0 amide bonds. The van der Waals surface area contributed by atoms with Crippen molar-refractivity contribution in [2.24, 2.45) is 5.92 Å². The van der Waals surface area contributed by atoms with Crippen LogP contribution in [0.3, 0.4) is 0 Å². The first-order chi connectivity index (χ1) is 4.97. The number of nitrogens with zero attached hydrogens (tertiary/aromatic N) is 1. The van der Waals surface area contributed by atoms with Gasteiger partial charge in [0.15, 0.2) is 0 Å². The van der Waals surface area contributed by atoms with Crippen LogP contribution in [0.15, 0.2) is 36.0 Å². The molecule has 10 heavy (non-hydrogen) atoms. The highest BCUT2D eigenvalue weighted by Gasteiger charge is 2.13. The van der Waals surface area contributed by atoms with Crippen LogP contribution in [0.2, 0.25) is 0 Å². The third kappa shape index (κ3) is 0.929. The first-order valence-electron chi connectivity index (χ1n) is 3.65. The molecule has 0 aromatic rings. The Bertz CT molecular complexity index is 211. The van der Waals surface area contributed by atoms with E-state index in [0.717, 1.165) is 13.1 Å². The molecule has 0 spiro atoms. The number of fused-ring (bicyclic) bond motifs is 1. The highest BCUT2D eigenvalue weighted by atomic mass is 14.9. The number of hydrogen-bond donors (Lipinski definition) is 0. The molecule has 1 heterocycles. The zero-order valence-electron chi connectivity index (χ0n) is 5.83. The van der Waals surface area contributed by atoms with Gasteiger partial charge in [0.1, 0.15) is 0 Å². The second-order valence-electron chi connectivity index (χ2n) is 2.64. The largest absolute Gasteiger partial charge is 0.237 e. The minimum absolute atomic E-state index is 0.582. The highest BCUT2D eigenvalue weighted by Crippen LogP contribution is 2.20. The molecular formula is C9H10N. The van der Waals surface area contributed by atoms with Crippen LogP contribution < -0.4 is 5.32 Å². The molecule has 2 aliphatic rings. The summed E-state index contributed by atoms with van der Waals surface area (Å²) >= 11 is 0. The van der Waals surface area contributed by atoms with E-state index in [4.69, 9.17) is 0 Å². The Kier molecular flexibility index (Phi) is 1.44. The van der Waals surface area contributed by atoms with Gasteiger partial charge < -0.3 is 0 Å². The summed E-state index contributed by atoms with van der Waals surface area (Å²) in [7, 11) is 0. The SMILES string of the molecule is C1=CC2=CC[N]CC2C=C1. The van der Waals surface area contributed by atoms with Gasteiger partial charge in [-0.2, -0.15) is 0 Å². The van der Waals surface area contributed by atoms with Crippen molar-refractivity contribution in [3.63, 3.8) is 0 Å². The summed E-state index contributed by atoms with van der Waals surface area (Å²) in [6, 6.07) is 0. The molecule has 0 fully saturated rings. The van der Waals surface area contributed by atoms with Crippen molar-refractivity contribution in [2.45, 2.75) is 0 Å². The van der Waals surface area contributed by atoms with Crippen LogP contribution in [-0.4, -0.2) is 13.1 Å². The van der Waals surface area contributed by atoms with Crippen LogP contribution in [0, 0.1) is 5.92 Å². The molecule has 0 saturated carbocycles. The molecule has 1 unspecified atom stereocenters. The van der Waals surface area contributed by atoms with Gasteiger partial charge in [-0.3, -0.25) is 0 Å². The molecule has 1 aliphatic heterocycles. The molecule has 0 bridgehead atoms. The molecule has 2 rings (SSSR count). The van der Waals surface area contributed by atoms with E-state index in [2.05, 4.69) is 35.7 Å². The van der Waals surface area contributed by atoms with Gasteiger partial charge in [-0.15, -0.1) is 0 Å². The lowest BCUT2D eigenvalue weighted by Gasteiger charge is -2.20. The molecule has 1 aliphatic carbocycles. The van der Waals surface area contributed by atoms with Gasteiger partial charge in [-0.05, 0) is 5.57 Å². The summed E-state index contributed by atoms with van der Waals surface area (Å²) in [6.45, 7) is 1.89. The number of hydrogen-bond acceptors (Lipinski definition) is 0. The van der Waals surface area contributed by atoms with Crippen molar-refractivity contribution in [3.05, 3.63) is 36.0 Å². The highest BCUT2D eigenvalue weighted by molar-refractivity contribution is 5.34. The van der Waals surface area contributed by atoms with Crippen LogP contribution in [0.5, 0.6) is 0 Å². The first kappa shape index (κ1) is 5.93. The van der Waals surface area contributed by atoms with Gasteiger partial charge in [0.05, 0.1) is 0 Å². The monoisotopic (exact) mass is 132 g/mol. The topological polar surface area (TPSA) is 14.1 Å². The van der Waals surface area contributed by atoms with Gasteiger partial charge in [0.25, 0.3) is 0 Å². The van der Waals surface area contributed by atoms with Crippen LogP contribution >= 0.6 is 0 Å². The van der Waals surface area contributed by atoms with E-state index in [9.17, 15) is 0 Å². The van der Waals surface area contributed by atoms with E-state index < -0.39 is 0 Å². The smallest absolute Gasteiger partial charge is 0.0320 e. The third-order valence-electron chi connectivity index (χ3n) is 1.95. The molecule has 0 N–H and O–H groups in total. The number of rotatable bonds is 0. The molecule has 1 nitrogen and oxygen atoms in total. The summed E-state index contributed by atoms with van der Waals surface area (Å²) in [5.74, 6) is 0.582. The minimum Gasteiger partial charge on any atom is -0.237 e. The van der Waals surface area contributed by atoms with Crippen LogP contribution in [-0.2, 0) is 0 Å². The molecule has 0 aromatic heterocycles. The fraction of sp³-hybridized carbons (Fsp3) is 0.333. The summed E-state index contributed by atoms with van der Waals surface area (Å²) in [4.78, 5) is 0. The molecule has 1 atom stereocenters. The summed E-state index contributed by atoms with van der Waals surface area (Å²) in [6.07, 6.45) is 10.8. The Morgan fingerprint density at radius 1 is 1.40 bits per heavy atom. The summed E-state index contributed by atoms with van der Waals surface area (Å²) < 4.78 is 0. The Morgan fingerprint density at radius 3 is 3.30 bits per heavy atom. The summed E-state index contributed by atoms with van der Waals surface area (Å²) in [5, 5.41) is 4.30. The molecule has 1 radical (unpaired) electrons. The summed E-state index contributed by atoms with van der Waals surface area (Å²) in [5.41, 5.74) is 1.44. The van der Waals surface area contributed by atoms with Crippen molar-refractivity contribution < 1.29 is 0 Å². The van der Waals surface area contributed by atoms with E-state index in [1.807, 2.05) is 0 Å². The predicted molar refractivity (Wildman–Crippen MR) is 41.7 cm³/mol. The van der Waals surface area contributed by atoms with Crippen molar-refractivity contribution in [1.29, 1.82) is 0 Å². The maximum atomic E-state index is 4.30. The minimum atomic E-state index is 0.582. The lowest BCUT2D eigenvalue weighted by molar-refractivity contribution is 0.609. The lowest BCUT2D eigenvalue weighted by Crippen LogP contribution is -2.22. The quantitative estimate of drug-likeness (QED) is 0.471. The van der Waals surface area contributed by atoms with Crippen LogP contribution in [0.1, 0.15) is 0 Å². The maximum absolute atomic E-state index is 4.30. The standard InChI is InChI=1S/C9H10N/c1-2-4-9-7-10-6-5-8(9)3-1/h1-5,9H,6-7H2. The fourth-order valence-electron chi connectivity index (χ4n) is 1.37. The molecule has 51 valence electrons. The molecular weight excluding hydrogens is 122 g/mol. The van der Waals surface area contributed by atoms with E-state index in [1.165, 1.54) is 5.57 Å². The van der Waals surface area contributed by atoms with Gasteiger partial charge in [-0.1, -0.05) is 30.4 Å². The van der Waals surface area contributed by atoms with E-state index >= 15 is 0 Å². The van der Waals surface area contributed by atoms with Crippen molar-refractivity contribution in [2.75, 3.05) is 13.1 Å². The van der Waals surface area contributed by atoms with E-state index in [1.54, 1.807) is 0 Å². The van der Waals surface area contributed by atoms with Crippen molar-refractivity contribution in [1.82, 2.24) is 5.32 Å². The van der Waals surface area contributed by atoms with Crippen LogP contribution in [0.25, 0.3) is 0 Å². The van der Waals surface area contributed by atoms with E-state index in [-0.39, 0.29) is 0 Å². The van der Waals surface area contributed by atoms with Gasteiger partial charge in [-0.25, -0.2) is 5.32 Å². The molecule has 1 heteroatoms. The third-order valence-corrected chi connectivity index (χ3v) is 1.95. The average molecular weight is 132 g/mol. The molecule has 0 saturated heterocycles. The van der Waals surface area contributed by atoms with Gasteiger partial charge >= 0.3 is 0 Å². The Balaban J connectivity index is 2.27. The predicted octanol–water partition coefficient (Wildman–Crippen LogP) is 1.27. The van der Waals surface area contributed by atoms with Crippen molar-refractivity contribution >= 4 is 0 Å². The average Bonchev–Trinajstić information content (AvgIpc) is 2.05. The number of allylic oxidation sites excluding steroid dienone is 3. The first-order valence-corrected chi connectivity index (χ1v) is 3.65. The van der Waals surface area contributed by atoms with Gasteiger partial charge in [0, 0.05) is 19.0 Å². The normalized spacial score (nSPS) is 29.6. The second-order valence-corrected chi connectivity index (χ2v) is 2.64. The Hall–Kier alpha value is -0.820. The maximum Gasteiger partial charge on any atom is 0.0320 e. The van der Waals surface area contributed by atoms with Crippen LogP contribution in [0.4, 0.5) is 0 Å². The van der Waals surface area contributed by atoms with E-state index in [0.29, 0.717) is 5.92 Å². The van der Waals surface area contributed by atoms with Gasteiger partial charge in [0.2, 0.25) is 0 Å². The van der Waals surface area contributed by atoms with Crippen molar-refractivity contribution in [3.8, 4) is 0 Å². The Labute approximate surface area is 61.1 Å². The lowest BCUT2D eigenvalue weighted by atomic mass is 9.92. The second kappa shape index (κ2) is 2.43. The Morgan fingerprint density at radius 2 is 2.40 bits per heavy atom. The fourth-order valence-corrected chi connectivity index (χ4v) is 1.37. The molecule has 0 aromatic carbocycles. The zero-order valence-corrected chi connectivity index (χ0v) is 5.83.